The Bertz CT molecular complexity index is 451. The summed E-state index contributed by atoms with van der Waals surface area (Å²) in [5.41, 5.74) is 1.08. The van der Waals surface area contributed by atoms with Crippen molar-refractivity contribution in [3.8, 4) is 0 Å². The van der Waals surface area contributed by atoms with Crippen LogP contribution in [0.15, 0.2) is 24.3 Å². The van der Waals surface area contributed by atoms with Crippen molar-refractivity contribution in [1.29, 1.82) is 0 Å². The average molecular weight is 278 g/mol. The first-order chi connectivity index (χ1) is 9.40. The van der Waals surface area contributed by atoms with Gasteiger partial charge in [-0.05, 0) is 25.0 Å². The van der Waals surface area contributed by atoms with Crippen molar-refractivity contribution >= 4 is 26.7 Å². The van der Waals surface area contributed by atoms with E-state index in [0.717, 1.165) is 30.0 Å². The molecule has 2 N–H and O–H groups in total. The number of hydrogen-bond acceptors (Lipinski definition) is 4. The van der Waals surface area contributed by atoms with Gasteiger partial charge < -0.3 is 10.4 Å². The smallest absolute Gasteiger partial charge is 0.183 e. The van der Waals surface area contributed by atoms with Gasteiger partial charge in [-0.15, -0.1) is 0 Å². The summed E-state index contributed by atoms with van der Waals surface area (Å²) in [5, 5.41) is 13.1. The van der Waals surface area contributed by atoms with Gasteiger partial charge in [0.2, 0.25) is 0 Å². The Morgan fingerprint density at radius 3 is 2.53 bits per heavy atom. The molecule has 0 aliphatic carbocycles. The van der Waals surface area contributed by atoms with Gasteiger partial charge in [-0.2, -0.15) is 0 Å². The van der Waals surface area contributed by atoms with Gasteiger partial charge in [0.15, 0.2) is 5.13 Å². The summed E-state index contributed by atoms with van der Waals surface area (Å²) in [4.78, 5) is 4.55. The van der Waals surface area contributed by atoms with Crippen LogP contribution in [-0.2, 0) is 0 Å². The zero-order valence-corrected chi connectivity index (χ0v) is 12.1. The number of fused-ring (bicyclic) bond motifs is 1. The Morgan fingerprint density at radius 2 is 1.74 bits per heavy atom. The summed E-state index contributed by atoms with van der Waals surface area (Å²) in [7, 11) is 0. The standard InChI is InChI=1S/C15H22N2OS/c18-12-8-4-2-1-3-7-11-16-15-17-13-9-5-6-10-14(13)19-15/h5-6,9-10,18H,1-4,7-8,11-12H2,(H,16,17). The molecule has 0 bridgehead atoms. The maximum atomic E-state index is 8.68. The van der Waals surface area contributed by atoms with Gasteiger partial charge in [0.05, 0.1) is 10.2 Å². The lowest BCUT2D eigenvalue weighted by Crippen LogP contribution is -2.00. The predicted molar refractivity (Wildman–Crippen MR) is 82.9 cm³/mol. The molecule has 3 nitrogen and oxygen atoms in total. The summed E-state index contributed by atoms with van der Waals surface area (Å²) in [6.07, 6.45) is 7.05. The molecule has 2 aromatic rings. The topological polar surface area (TPSA) is 45.1 Å². The zero-order valence-electron chi connectivity index (χ0n) is 11.3. The molecule has 0 aliphatic rings. The fourth-order valence-electron chi connectivity index (χ4n) is 2.09. The van der Waals surface area contributed by atoms with Crippen LogP contribution in [0, 0.1) is 0 Å². The highest BCUT2D eigenvalue weighted by Gasteiger charge is 2.01. The number of aliphatic hydroxyl groups excluding tert-OH is 1. The third kappa shape index (κ3) is 4.80. The van der Waals surface area contributed by atoms with Gasteiger partial charge in [-0.25, -0.2) is 4.98 Å². The molecule has 1 aromatic heterocycles. The largest absolute Gasteiger partial charge is 0.396 e. The number of aliphatic hydroxyl groups is 1. The molecule has 2 rings (SSSR count). The molecule has 0 amide bonds. The van der Waals surface area contributed by atoms with Crippen LogP contribution in [0.4, 0.5) is 5.13 Å². The summed E-state index contributed by atoms with van der Waals surface area (Å²) in [5.74, 6) is 0. The highest BCUT2D eigenvalue weighted by molar-refractivity contribution is 7.22. The number of thiazole rings is 1. The van der Waals surface area contributed by atoms with E-state index in [2.05, 4.69) is 28.5 Å². The Labute approximate surface area is 118 Å². The first-order valence-corrected chi connectivity index (χ1v) is 7.92. The van der Waals surface area contributed by atoms with Crippen molar-refractivity contribution in [2.45, 2.75) is 38.5 Å². The SMILES string of the molecule is OCCCCCCCCNc1nc2ccccc2s1. The lowest BCUT2D eigenvalue weighted by molar-refractivity contribution is 0.282. The highest BCUT2D eigenvalue weighted by Crippen LogP contribution is 2.25. The van der Waals surface area contributed by atoms with Gasteiger partial charge in [0, 0.05) is 13.2 Å². The van der Waals surface area contributed by atoms with Gasteiger partial charge in [0.25, 0.3) is 0 Å². The number of nitrogens with one attached hydrogen (secondary N) is 1. The molecular weight excluding hydrogens is 256 g/mol. The number of rotatable bonds is 9. The van der Waals surface area contributed by atoms with Crippen LogP contribution >= 0.6 is 11.3 Å². The third-order valence-electron chi connectivity index (χ3n) is 3.16. The van der Waals surface area contributed by atoms with Crippen molar-refractivity contribution in [1.82, 2.24) is 4.98 Å². The normalized spacial score (nSPS) is 11.0. The van der Waals surface area contributed by atoms with E-state index in [1.165, 1.54) is 30.4 Å². The number of aromatic nitrogens is 1. The number of hydrogen-bond donors (Lipinski definition) is 2. The molecule has 104 valence electrons. The lowest BCUT2D eigenvalue weighted by Gasteiger charge is -2.02. The maximum Gasteiger partial charge on any atom is 0.183 e. The van der Waals surface area contributed by atoms with E-state index in [1.54, 1.807) is 11.3 Å². The van der Waals surface area contributed by atoms with E-state index in [1.807, 2.05) is 6.07 Å². The van der Waals surface area contributed by atoms with Gasteiger partial charge in [0.1, 0.15) is 0 Å². The summed E-state index contributed by atoms with van der Waals surface area (Å²) < 4.78 is 1.24. The molecule has 0 spiro atoms. The fourth-order valence-corrected chi connectivity index (χ4v) is 2.98. The van der Waals surface area contributed by atoms with Crippen LogP contribution in [-0.4, -0.2) is 23.2 Å². The van der Waals surface area contributed by atoms with Crippen LogP contribution in [0.2, 0.25) is 0 Å². The molecule has 1 heterocycles. The van der Waals surface area contributed by atoms with Gasteiger partial charge >= 0.3 is 0 Å². The van der Waals surface area contributed by atoms with Gasteiger partial charge in [-0.3, -0.25) is 0 Å². The van der Waals surface area contributed by atoms with Gasteiger partial charge in [-0.1, -0.05) is 49.2 Å². The zero-order chi connectivity index (χ0) is 13.3. The van der Waals surface area contributed by atoms with Crippen molar-refractivity contribution < 1.29 is 5.11 Å². The van der Waals surface area contributed by atoms with Crippen LogP contribution in [0.25, 0.3) is 10.2 Å². The second kappa shape index (κ2) is 8.12. The second-order valence-electron chi connectivity index (χ2n) is 4.76. The third-order valence-corrected chi connectivity index (χ3v) is 4.15. The van der Waals surface area contributed by atoms with E-state index in [4.69, 9.17) is 5.11 Å². The van der Waals surface area contributed by atoms with Crippen molar-refractivity contribution in [3.05, 3.63) is 24.3 Å². The van der Waals surface area contributed by atoms with Crippen LogP contribution in [0.3, 0.4) is 0 Å². The molecule has 0 atom stereocenters. The molecule has 0 fully saturated rings. The molecule has 0 aliphatic heterocycles. The minimum absolute atomic E-state index is 0.333. The fraction of sp³-hybridized carbons (Fsp3) is 0.533. The van der Waals surface area contributed by atoms with E-state index in [0.29, 0.717) is 6.61 Å². The first-order valence-electron chi connectivity index (χ1n) is 7.10. The second-order valence-corrected chi connectivity index (χ2v) is 5.79. The quantitative estimate of drug-likeness (QED) is 0.680. The van der Waals surface area contributed by atoms with Crippen molar-refractivity contribution in [3.63, 3.8) is 0 Å². The van der Waals surface area contributed by atoms with Crippen LogP contribution in [0.1, 0.15) is 38.5 Å². The van der Waals surface area contributed by atoms with E-state index < -0.39 is 0 Å². The van der Waals surface area contributed by atoms with Crippen molar-refractivity contribution in [2.75, 3.05) is 18.5 Å². The monoisotopic (exact) mass is 278 g/mol. The Kier molecular flexibility index (Phi) is 6.11. The summed E-state index contributed by atoms with van der Waals surface area (Å²) >= 11 is 1.72. The molecule has 1 aromatic carbocycles. The maximum absolute atomic E-state index is 8.68. The Hall–Kier alpha value is -1.13. The Balaban J connectivity index is 1.60. The molecule has 0 saturated carbocycles. The molecule has 0 saturated heterocycles. The number of nitrogens with zero attached hydrogens (tertiary/aromatic N) is 1. The van der Waals surface area contributed by atoms with E-state index >= 15 is 0 Å². The molecular formula is C15H22N2OS. The minimum Gasteiger partial charge on any atom is -0.396 e. The molecule has 0 radical (unpaired) electrons. The minimum atomic E-state index is 0.333. The Morgan fingerprint density at radius 1 is 1.00 bits per heavy atom. The predicted octanol–water partition coefficient (Wildman–Crippen LogP) is 4.04. The van der Waals surface area contributed by atoms with Crippen molar-refractivity contribution in [2.24, 2.45) is 0 Å². The molecule has 4 heteroatoms. The summed E-state index contributed by atoms with van der Waals surface area (Å²) in [6, 6.07) is 8.24. The van der Waals surface area contributed by atoms with Crippen LogP contribution in [0.5, 0.6) is 0 Å². The number of anilines is 1. The number of unbranched alkanes of at least 4 members (excludes halogenated alkanes) is 5. The molecule has 19 heavy (non-hydrogen) atoms. The lowest BCUT2D eigenvalue weighted by atomic mass is 10.1. The number of para-hydroxylation sites is 1. The molecule has 0 unspecified atom stereocenters. The first kappa shape index (κ1) is 14.3. The van der Waals surface area contributed by atoms with E-state index in [9.17, 15) is 0 Å². The number of benzene rings is 1. The summed E-state index contributed by atoms with van der Waals surface area (Å²) in [6.45, 7) is 1.33. The van der Waals surface area contributed by atoms with Crippen LogP contribution < -0.4 is 5.32 Å². The average Bonchev–Trinajstić information content (AvgIpc) is 2.84. The highest BCUT2D eigenvalue weighted by atomic mass is 32.1. The van der Waals surface area contributed by atoms with E-state index in [-0.39, 0.29) is 0 Å².